The molecule has 16 heavy (non-hydrogen) atoms. The van der Waals surface area contributed by atoms with Gasteiger partial charge in [0.25, 0.3) is 10.1 Å². The number of halogens is 1. The highest BCUT2D eigenvalue weighted by molar-refractivity contribution is 7.86. The number of nitrogens with two attached hydrogens (primary N) is 1. The van der Waals surface area contributed by atoms with Gasteiger partial charge >= 0.3 is 0 Å². The molecule has 0 aliphatic carbocycles. The highest BCUT2D eigenvalue weighted by Gasteiger charge is 2.17. The Morgan fingerprint density at radius 2 is 2.12 bits per heavy atom. The van der Waals surface area contributed by atoms with E-state index in [1.807, 2.05) is 0 Å². The van der Waals surface area contributed by atoms with Crippen LogP contribution in [0.4, 0.5) is 5.69 Å². The molecule has 0 aliphatic heterocycles. The fraction of sp³-hybridized carbons (Fsp3) is 0.125. The highest BCUT2D eigenvalue weighted by Crippen LogP contribution is 2.28. The number of nitrogens with one attached hydrogen (secondary N) is 1. The normalized spacial score (nSPS) is 11.2. The molecule has 1 aromatic carbocycles. The molecular formula is C8H9ClN2O3S2. The van der Waals surface area contributed by atoms with Crippen LogP contribution in [0.25, 0.3) is 0 Å². The van der Waals surface area contributed by atoms with Crippen molar-refractivity contribution in [2.75, 3.05) is 5.32 Å². The first-order valence-corrected chi connectivity index (χ1v) is 6.28. The van der Waals surface area contributed by atoms with E-state index in [0.29, 0.717) is 10.6 Å². The van der Waals surface area contributed by atoms with Crippen LogP contribution < -0.4 is 11.1 Å². The number of benzene rings is 1. The minimum absolute atomic E-state index is 0.0469. The second kappa shape index (κ2) is 4.54. The van der Waals surface area contributed by atoms with Gasteiger partial charge in [-0.25, -0.2) is 0 Å². The first-order valence-electron chi connectivity index (χ1n) is 4.06. The molecule has 0 unspecified atom stereocenters. The van der Waals surface area contributed by atoms with Gasteiger partial charge in [-0.05, 0) is 36.8 Å². The predicted molar refractivity (Wildman–Crippen MR) is 66.4 cm³/mol. The molecule has 0 atom stereocenters. The summed E-state index contributed by atoms with van der Waals surface area (Å²) in [6.07, 6.45) is 0. The SMILES string of the molecule is Cc1cc(S(=O)(=O)O)c(NC(N)=S)cc1Cl. The van der Waals surface area contributed by atoms with Crippen molar-refractivity contribution in [3.8, 4) is 0 Å². The van der Waals surface area contributed by atoms with Gasteiger partial charge in [0.2, 0.25) is 0 Å². The van der Waals surface area contributed by atoms with Gasteiger partial charge in [-0.1, -0.05) is 11.6 Å². The van der Waals surface area contributed by atoms with E-state index < -0.39 is 10.1 Å². The molecule has 8 heteroatoms. The number of hydrogen-bond acceptors (Lipinski definition) is 3. The maximum atomic E-state index is 11.1. The summed E-state index contributed by atoms with van der Waals surface area (Å²) in [6.45, 7) is 1.61. The zero-order chi connectivity index (χ0) is 12.5. The molecule has 0 saturated heterocycles. The second-order valence-corrected chi connectivity index (χ2v) is 5.30. The van der Waals surface area contributed by atoms with Crippen LogP contribution in [-0.2, 0) is 10.1 Å². The highest BCUT2D eigenvalue weighted by atomic mass is 35.5. The minimum atomic E-state index is -4.35. The summed E-state index contributed by atoms with van der Waals surface area (Å²) in [4.78, 5) is -0.317. The predicted octanol–water partition coefficient (Wildman–Crippen LogP) is 1.55. The molecule has 5 nitrogen and oxygen atoms in total. The smallest absolute Gasteiger partial charge is 0.296 e. The van der Waals surface area contributed by atoms with Crippen molar-refractivity contribution < 1.29 is 13.0 Å². The van der Waals surface area contributed by atoms with E-state index in [1.54, 1.807) is 6.92 Å². The van der Waals surface area contributed by atoms with Crippen molar-refractivity contribution >= 4 is 44.7 Å². The summed E-state index contributed by atoms with van der Waals surface area (Å²) in [5.41, 5.74) is 5.79. The zero-order valence-corrected chi connectivity index (χ0v) is 10.6. The molecule has 0 bridgehead atoms. The molecule has 1 rings (SSSR count). The van der Waals surface area contributed by atoms with Crippen LogP contribution in [0.2, 0.25) is 5.02 Å². The molecule has 0 aliphatic rings. The van der Waals surface area contributed by atoms with E-state index in [2.05, 4.69) is 17.5 Å². The van der Waals surface area contributed by atoms with Gasteiger partial charge in [0, 0.05) is 5.02 Å². The van der Waals surface area contributed by atoms with E-state index in [9.17, 15) is 8.42 Å². The molecule has 0 fully saturated rings. The summed E-state index contributed by atoms with van der Waals surface area (Å²) < 4.78 is 31.2. The number of anilines is 1. The largest absolute Gasteiger partial charge is 0.376 e. The van der Waals surface area contributed by atoms with E-state index in [-0.39, 0.29) is 15.7 Å². The number of thiocarbonyl (C=S) groups is 1. The number of aryl methyl sites for hydroxylation is 1. The molecule has 0 aromatic heterocycles. The van der Waals surface area contributed by atoms with E-state index in [0.717, 1.165) is 0 Å². The Hall–Kier alpha value is -0.890. The lowest BCUT2D eigenvalue weighted by atomic mass is 10.2. The lowest BCUT2D eigenvalue weighted by molar-refractivity contribution is 0.483. The number of hydrogen-bond donors (Lipinski definition) is 3. The molecule has 4 N–H and O–H groups in total. The maximum Gasteiger partial charge on any atom is 0.296 e. The lowest BCUT2D eigenvalue weighted by Crippen LogP contribution is -2.20. The Bertz CT molecular complexity index is 542. The summed E-state index contributed by atoms with van der Waals surface area (Å²) in [5, 5.41) is 2.65. The first-order chi connectivity index (χ1) is 7.21. The van der Waals surface area contributed by atoms with Crippen LogP contribution in [0.3, 0.4) is 0 Å². The van der Waals surface area contributed by atoms with Crippen LogP contribution in [0.15, 0.2) is 17.0 Å². The van der Waals surface area contributed by atoms with Crippen molar-refractivity contribution in [1.82, 2.24) is 0 Å². The minimum Gasteiger partial charge on any atom is -0.376 e. The fourth-order valence-electron chi connectivity index (χ4n) is 1.10. The zero-order valence-electron chi connectivity index (χ0n) is 8.19. The van der Waals surface area contributed by atoms with Gasteiger partial charge in [-0.2, -0.15) is 8.42 Å². The van der Waals surface area contributed by atoms with Crippen LogP contribution in [0, 0.1) is 6.92 Å². The topological polar surface area (TPSA) is 92.4 Å². The monoisotopic (exact) mass is 280 g/mol. The van der Waals surface area contributed by atoms with Crippen LogP contribution in [0.5, 0.6) is 0 Å². The third-order valence-corrected chi connectivity index (χ3v) is 3.20. The van der Waals surface area contributed by atoms with Crippen molar-refractivity contribution in [3.05, 3.63) is 22.7 Å². The Labute approximate surface area is 103 Å². The Kier molecular flexibility index (Phi) is 3.74. The molecule has 88 valence electrons. The van der Waals surface area contributed by atoms with E-state index in [1.165, 1.54) is 12.1 Å². The van der Waals surface area contributed by atoms with Gasteiger partial charge in [-0.15, -0.1) is 0 Å². The fourth-order valence-corrected chi connectivity index (χ4v) is 2.09. The molecule has 0 radical (unpaired) electrons. The maximum absolute atomic E-state index is 11.1. The van der Waals surface area contributed by atoms with Gasteiger partial charge in [0.15, 0.2) is 5.11 Å². The molecule has 0 amide bonds. The summed E-state index contributed by atoms with van der Waals surface area (Å²) >= 11 is 10.4. The van der Waals surface area contributed by atoms with Crippen molar-refractivity contribution in [1.29, 1.82) is 0 Å². The Morgan fingerprint density at radius 3 is 2.56 bits per heavy atom. The molecule has 0 spiro atoms. The number of rotatable bonds is 2. The van der Waals surface area contributed by atoms with Crippen molar-refractivity contribution in [3.63, 3.8) is 0 Å². The van der Waals surface area contributed by atoms with Gasteiger partial charge < -0.3 is 11.1 Å². The van der Waals surface area contributed by atoms with Gasteiger partial charge in [-0.3, -0.25) is 4.55 Å². The Morgan fingerprint density at radius 1 is 1.56 bits per heavy atom. The van der Waals surface area contributed by atoms with E-state index in [4.69, 9.17) is 21.9 Å². The van der Waals surface area contributed by atoms with Crippen molar-refractivity contribution in [2.45, 2.75) is 11.8 Å². The van der Waals surface area contributed by atoms with Crippen molar-refractivity contribution in [2.24, 2.45) is 5.73 Å². The lowest BCUT2D eigenvalue weighted by Gasteiger charge is -2.10. The third-order valence-electron chi connectivity index (χ3n) is 1.80. The van der Waals surface area contributed by atoms with Gasteiger partial charge in [0.1, 0.15) is 4.90 Å². The van der Waals surface area contributed by atoms with E-state index >= 15 is 0 Å². The molecule has 0 saturated carbocycles. The molecule has 1 aromatic rings. The second-order valence-electron chi connectivity index (χ2n) is 3.06. The third kappa shape index (κ3) is 3.05. The Balaban J connectivity index is 3.45. The average molecular weight is 281 g/mol. The summed E-state index contributed by atoms with van der Waals surface area (Å²) in [7, 11) is -4.35. The quantitative estimate of drug-likeness (QED) is 0.562. The van der Waals surface area contributed by atoms with Crippen LogP contribution in [0.1, 0.15) is 5.56 Å². The summed E-state index contributed by atoms with van der Waals surface area (Å²) in [5.74, 6) is 0. The van der Waals surface area contributed by atoms with Crippen LogP contribution >= 0.6 is 23.8 Å². The molecular weight excluding hydrogens is 272 g/mol. The summed E-state index contributed by atoms with van der Waals surface area (Å²) in [6, 6.07) is 2.57. The first kappa shape index (κ1) is 13.2. The van der Waals surface area contributed by atoms with Crippen LogP contribution in [-0.4, -0.2) is 18.1 Å². The molecule has 0 heterocycles. The van der Waals surface area contributed by atoms with Gasteiger partial charge in [0.05, 0.1) is 5.69 Å². The average Bonchev–Trinajstić information content (AvgIpc) is 2.08. The standard InChI is InChI=1S/C8H9ClN2O3S2/c1-4-2-7(16(12,13)14)6(3-5(4)9)11-8(10)15/h2-3H,1H3,(H3,10,11,15)(H,12,13,14).